The Morgan fingerprint density at radius 3 is 2.44 bits per heavy atom. The molecule has 0 atom stereocenters. The third-order valence-corrected chi connectivity index (χ3v) is 3.58. The number of halogens is 1. The Hall–Kier alpha value is -0.730. The van der Waals surface area contributed by atoms with Gasteiger partial charge in [0, 0.05) is 37.7 Å². The normalized spacial score (nSPS) is 17.8. The van der Waals surface area contributed by atoms with Gasteiger partial charge in [0.2, 0.25) is 0 Å². The number of alkyl halides is 1. The Bertz CT molecular complexity index is 332. The van der Waals surface area contributed by atoms with Gasteiger partial charge in [-0.15, -0.1) is 11.6 Å². The van der Waals surface area contributed by atoms with E-state index in [4.69, 9.17) is 11.6 Å². The molecule has 0 bridgehead atoms. The van der Waals surface area contributed by atoms with Gasteiger partial charge in [-0.25, -0.2) is 0 Å². The number of benzene rings is 1. The molecule has 0 aromatic heterocycles. The number of hydrogen-bond acceptors (Lipinski definition) is 2. The first kappa shape index (κ1) is 11.7. The smallest absolute Gasteiger partial charge is 0.0494 e. The molecular weight excluding hydrogens is 220 g/mol. The molecule has 1 aromatic rings. The van der Waals surface area contributed by atoms with Gasteiger partial charge in [-0.2, -0.15) is 0 Å². The molecule has 0 unspecified atom stereocenters. The van der Waals surface area contributed by atoms with E-state index in [9.17, 15) is 0 Å². The SMILES string of the molecule is CCN1CCN(c2ccccc2CCl)CC1. The van der Waals surface area contributed by atoms with Gasteiger partial charge < -0.3 is 9.80 Å². The van der Waals surface area contributed by atoms with E-state index in [-0.39, 0.29) is 0 Å². The molecule has 3 heteroatoms. The van der Waals surface area contributed by atoms with E-state index in [1.165, 1.54) is 11.3 Å². The maximum absolute atomic E-state index is 5.97. The van der Waals surface area contributed by atoms with Crippen LogP contribution < -0.4 is 4.90 Å². The second-order valence-electron chi connectivity index (χ2n) is 4.18. The summed E-state index contributed by atoms with van der Waals surface area (Å²) in [5.41, 5.74) is 2.56. The minimum atomic E-state index is 0.601. The van der Waals surface area contributed by atoms with Crippen LogP contribution in [0.1, 0.15) is 12.5 Å². The fourth-order valence-electron chi connectivity index (χ4n) is 2.24. The van der Waals surface area contributed by atoms with Crippen molar-refractivity contribution < 1.29 is 0 Å². The van der Waals surface area contributed by atoms with Crippen molar-refractivity contribution >= 4 is 17.3 Å². The van der Waals surface area contributed by atoms with Crippen molar-refractivity contribution in [1.29, 1.82) is 0 Å². The van der Waals surface area contributed by atoms with Crippen LogP contribution in [0, 0.1) is 0 Å². The van der Waals surface area contributed by atoms with Crippen LogP contribution in [0.4, 0.5) is 5.69 Å². The van der Waals surface area contributed by atoms with Crippen LogP contribution in [0.15, 0.2) is 24.3 Å². The van der Waals surface area contributed by atoms with E-state index in [0.29, 0.717) is 5.88 Å². The van der Waals surface area contributed by atoms with Crippen LogP contribution in [-0.2, 0) is 5.88 Å². The topological polar surface area (TPSA) is 6.48 Å². The summed E-state index contributed by atoms with van der Waals surface area (Å²) >= 11 is 5.97. The van der Waals surface area contributed by atoms with E-state index in [1.807, 2.05) is 0 Å². The number of likely N-dealkylation sites (N-methyl/N-ethyl adjacent to an activating group) is 1. The Morgan fingerprint density at radius 1 is 1.12 bits per heavy atom. The summed E-state index contributed by atoms with van der Waals surface area (Å²) in [4.78, 5) is 4.93. The second kappa shape index (κ2) is 5.55. The fraction of sp³-hybridized carbons (Fsp3) is 0.538. The standard InChI is InChI=1S/C13H19ClN2/c1-2-15-7-9-16(10-8-15)13-6-4-3-5-12(13)11-14/h3-6H,2,7-11H2,1H3. The van der Waals surface area contributed by atoms with E-state index in [0.717, 1.165) is 32.7 Å². The average Bonchev–Trinajstić information content (AvgIpc) is 2.39. The molecule has 1 aliphatic rings. The van der Waals surface area contributed by atoms with Gasteiger partial charge in [0.1, 0.15) is 0 Å². The monoisotopic (exact) mass is 238 g/mol. The van der Waals surface area contributed by atoms with Crippen molar-refractivity contribution in [2.75, 3.05) is 37.6 Å². The molecule has 0 saturated carbocycles. The Balaban J connectivity index is 2.07. The third-order valence-electron chi connectivity index (χ3n) is 3.30. The molecule has 0 radical (unpaired) electrons. The molecular formula is C13H19ClN2. The number of anilines is 1. The van der Waals surface area contributed by atoms with Gasteiger partial charge in [0.15, 0.2) is 0 Å². The molecule has 0 N–H and O–H groups in total. The molecule has 1 aliphatic heterocycles. The molecule has 1 fully saturated rings. The molecule has 16 heavy (non-hydrogen) atoms. The van der Waals surface area contributed by atoms with Crippen molar-refractivity contribution in [3.05, 3.63) is 29.8 Å². The van der Waals surface area contributed by atoms with Crippen LogP contribution in [0.2, 0.25) is 0 Å². The predicted molar refractivity (Wildman–Crippen MR) is 70.3 cm³/mol. The lowest BCUT2D eigenvalue weighted by atomic mass is 10.1. The largest absolute Gasteiger partial charge is 0.369 e. The zero-order chi connectivity index (χ0) is 11.4. The lowest BCUT2D eigenvalue weighted by Crippen LogP contribution is -2.46. The first-order valence-corrected chi connectivity index (χ1v) is 6.49. The molecule has 1 heterocycles. The Labute approximate surface area is 103 Å². The first-order valence-electron chi connectivity index (χ1n) is 5.96. The zero-order valence-electron chi connectivity index (χ0n) is 9.82. The van der Waals surface area contributed by atoms with Crippen LogP contribution in [0.5, 0.6) is 0 Å². The van der Waals surface area contributed by atoms with Crippen molar-refractivity contribution in [2.24, 2.45) is 0 Å². The van der Waals surface area contributed by atoms with Crippen LogP contribution in [0.25, 0.3) is 0 Å². The number of hydrogen-bond donors (Lipinski definition) is 0. The summed E-state index contributed by atoms with van der Waals surface area (Å²) in [6.07, 6.45) is 0. The molecule has 88 valence electrons. The number of nitrogens with zero attached hydrogens (tertiary/aromatic N) is 2. The molecule has 0 amide bonds. The van der Waals surface area contributed by atoms with Crippen molar-refractivity contribution in [1.82, 2.24) is 4.90 Å². The quantitative estimate of drug-likeness (QED) is 0.747. The number of para-hydroxylation sites is 1. The maximum Gasteiger partial charge on any atom is 0.0494 e. The fourth-order valence-corrected chi connectivity index (χ4v) is 2.46. The average molecular weight is 239 g/mol. The molecule has 1 aromatic carbocycles. The van der Waals surface area contributed by atoms with Crippen LogP contribution in [0.3, 0.4) is 0 Å². The van der Waals surface area contributed by atoms with Gasteiger partial charge in [-0.3, -0.25) is 0 Å². The van der Waals surface area contributed by atoms with Crippen LogP contribution >= 0.6 is 11.6 Å². The zero-order valence-corrected chi connectivity index (χ0v) is 10.6. The first-order chi connectivity index (χ1) is 7.85. The second-order valence-corrected chi connectivity index (χ2v) is 4.45. The summed E-state index contributed by atoms with van der Waals surface area (Å²) in [6.45, 7) is 7.93. The van der Waals surface area contributed by atoms with Crippen molar-refractivity contribution in [3.63, 3.8) is 0 Å². The molecule has 0 aliphatic carbocycles. The minimum absolute atomic E-state index is 0.601. The van der Waals surface area contributed by atoms with E-state index in [1.54, 1.807) is 0 Å². The summed E-state index contributed by atoms with van der Waals surface area (Å²) in [5, 5.41) is 0. The molecule has 2 nitrogen and oxygen atoms in total. The van der Waals surface area contributed by atoms with Gasteiger partial charge >= 0.3 is 0 Å². The highest BCUT2D eigenvalue weighted by atomic mass is 35.5. The lowest BCUT2D eigenvalue weighted by Gasteiger charge is -2.36. The van der Waals surface area contributed by atoms with E-state index < -0.39 is 0 Å². The van der Waals surface area contributed by atoms with Crippen LogP contribution in [-0.4, -0.2) is 37.6 Å². The highest BCUT2D eigenvalue weighted by molar-refractivity contribution is 6.17. The van der Waals surface area contributed by atoms with Gasteiger partial charge in [-0.05, 0) is 18.2 Å². The van der Waals surface area contributed by atoms with E-state index in [2.05, 4.69) is 41.0 Å². The van der Waals surface area contributed by atoms with Crippen molar-refractivity contribution in [2.45, 2.75) is 12.8 Å². The predicted octanol–water partition coefficient (Wildman–Crippen LogP) is 2.57. The van der Waals surface area contributed by atoms with Gasteiger partial charge in [0.25, 0.3) is 0 Å². The number of piperazine rings is 1. The summed E-state index contributed by atoms with van der Waals surface area (Å²) in [5.74, 6) is 0.601. The summed E-state index contributed by atoms with van der Waals surface area (Å²) < 4.78 is 0. The highest BCUT2D eigenvalue weighted by Crippen LogP contribution is 2.23. The third kappa shape index (κ3) is 2.50. The minimum Gasteiger partial charge on any atom is -0.369 e. The summed E-state index contributed by atoms with van der Waals surface area (Å²) in [6, 6.07) is 8.45. The Kier molecular flexibility index (Phi) is 4.08. The van der Waals surface area contributed by atoms with Gasteiger partial charge in [-0.1, -0.05) is 25.1 Å². The molecule has 1 saturated heterocycles. The summed E-state index contributed by atoms with van der Waals surface area (Å²) in [7, 11) is 0. The number of rotatable bonds is 3. The molecule has 0 spiro atoms. The molecule has 2 rings (SSSR count). The van der Waals surface area contributed by atoms with E-state index >= 15 is 0 Å². The van der Waals surface area contributed by atoms with Crippen molar-refractivity contribution in [3.8, 4) is 0 Å². The highest BCUT2D eigenvalue weighted by Gasteiger charge is 2.17. The Morgan fingerprint density at radius 2 is 1.81 bits per heavy atom. The maximum atomic E-state index is 5.97. The van der Waals surface area contributed by atoms with Gasteiger partial charge in [0.05, 0.1) is 0 Å². The lowest BCUT2D eigenvalue weighted by molar-refractivity contribution is 0.271.